The standard InChI is InChI=1S/C20H17ClFNO2S/c1-12(2)14-5-3-13(4-6-14)9-18-19(24)23(20(25)26-18)11-15-7-8-16(22)10-17(15)21/h3-10,12H,11H2,1-2H3/b18-9-. The Balaban J connectivity index is 1.79. The Morgan fingerprint density at radius 2 is 1.85 bits per heavy atom. The Morgan fingerprint density at radius 1 is 1.15 bits per heavy atom. The molecule has 0 aromatic heterocycles. The molecule has 1 heterocycles. The Kier molecular flexibility index (Phi) is 5.49. The minimum absolute atomic E-state index is 0.0212. The third kappa shape index (κ3) is 4.00. The van der Waals surface area contributed by atoms with Crippen molar-refractivity contribution in [2.45, 2.75) is 26.3 Å². The summed E-state index contributed by atoms with van der Waals surface area (Å²) in [6, 6.07) is 11.8. The van der Waals surface area contributed by atoms with Gasteiger partial charge in [0.15, 0.2) is 0 Å². The number of rotatable bonds is 4. The molecule has 134 valence electrons. The van der Waals surface area contributed by atoms with Crippen LogP contribution in [0.2, 0.25) is 5.02 Å². The quantitative estimate of drug-likeness (QED) is 0.616. The maximum absolute atomic E-state index is 13.2. The lowest BCUT2D eigenvalue weighted by Crippen LogP contribution is -2.27. The average molecular weight is 390 g/mol. The lowest BCUT2D eigenvalue weighted by atomic mass is 10.0. The van der Waals surface area contributed by atoms with Crippen molar-refractivity contribution in [1.29, 1.82) is 0 Å². The second-order valence-electron chi connectivity index (χ2n) is 6.32. The minimum atomic E-state index is -0.461. The van der Waals surface area contributed by atoms with Crippen LogP contribution in [-0.2, 0) is 11.3 Å². The van der Waals surface area contributed by atoms with Crippen LogP contribution in [0, 0.1) is 5.82 Å². The number of hydrogen-bond donors (Lipinski definition) is 0. The van der Waals surface area contributed by atoms with Gasteiger partial charge in [0.1, 0.15) is 5.82 Å². The van der Waals surface area contributed by atoms with Gasteiger partial charge in [-0.3, -0.25) is 14.5 Å². The summed E-state index contributed by atoms with van der Waals surface area (Å²) in [7, 11) is 0. The number of nitrogens with zero attached hydrogens (tertiary/aromatic N) is 1. The van der Waals surface area contributed by atoms with Gasteiger partial charge in [-0.05, 0) is 52.6 Å². The van der Waals surface area contributed by atoms with Gasteiger partial charge in [-0.1, -0.05) is 55.8 Å². The van der Waals surface area contributed by atoms with Crippen LogP contribution in [0.25, 0.3) is 6.08 Å². The Hall–Kier alpha value is -2.11. The lowest BCUT2D eigenvalue weighted by Gasteiger charge is -2.13. The number of carbonyl (C=O) groups excluding carboxylic acids is 2. The van der Waals surface area contributed by atoms with Crippen LogP contribution in [0.4, 0.5) is 9.18 Å². The van der Waals surface area contributed by atoms with Crippen molar-refractivity contribution in [2.75, 3.05) is 0 Å². The van der Waals surface area contributed by atoms with E-state index in [0.29, 0.717) is 16.4 Å². The van der Waals surface area contributed by atoms with Crippen LogP contribution in [0.15, 0.2) is 47.4 Å². The monoisotopic (exact) mass is 389 g/mol. The molecule has 0 unspecified atom stereocenters. The fourth-order valence-corrected chi connectivity index (χ4v) is 3.65. The van der Waals surface area contributed by atoms with Crippen LogP contribution >= 0.6 is 23.4 Å². The van der Waals surface area contributed by atoms with E-state index in [4.69, 9.17) is 11.6 Å². The van der Waals surface area contributed by atoms with Gasteiger partial charge in [0.2, 0.25) is 0 Å². The van der Waals surface area contributed by atoms with E-state index in [0.717, 1.165) is 22.2 Å². The molecule has 3 nitrogen and oxygen atoms in total. The molecule has 1 fully saturated rings. The molecule has 1 aliphatic rings. The zero-order chi connectivity index (χ0) is 18.8. The number of thioether (sulfide) groups is 1. The first-order valence-electron chi connectivity index (χ1n) is 8.14. The molecule has 26 heavy (non-hydrogen) atoms. The van der Waals surface area contributed by atoms with Gasteiger partial charge in [0, 0.05) is 5.02 Å². The van der Waals surface area contributed by atoms with Crippen molar-refractivity contribution in [3.05, 3.63) is 74.9 Å². The van der Waals surface area contributed by atoms with E-state index in [1.54, 1.807) is 6.08 Å². The fraction of sp³-hybridized carbons (Fsp3) is 0.200. The normalized spacial score (nSPS) is 16.2. The van der Waals surface area contributed by atoms with Crippen LogP contribution in [0.5, 0.6) is 0 Å². The molecule has 6 heteroatoms. The van der Waals surface area contributed by atoms with E-state index < -0.39 is 5.82 Å². The van der Waals surface area contributed by atoms with Gasteiger partial charge in [-0.2, -0.15) is 0 Å². The number of imide groups is 1. The molecule has 0 aliphatic carbocycles. The van der Waals surface area contributed by atoms with Crippen LogP contribution in [0.3, 0.4) is 0 Å². The molecule has 0 atom stereocenters. The fourth-order valence-electron chi connectivity index (χ4n) is 2.59. The van der Waals surface area contributed by atoms with Crippen molar-refractivity contribution in [2.24, 2.45) is 0 Å². The molecule has 1 saturated heterocycles. The molecule has 0 spiro atoms. The highest BCUT2D eigenvalue weighted by atomic mass is 35.5. The molecule has 0 saturated carbocycles. The SMILES string of the molecule is CC(C)c1ccc(/C=C2\SC(=O)N(Cc3ccc(F)cc3Cl)C2=O)cc1. The van der Waals surface area contributed by atoms with Gasteiger partial charge >= 0.3 is 0 Å². The first-order chi connectivity index (χ1) is 12.3. The highest BCUT2D eigenvalue weighted by molar-refractivity contribution is 8.18. The van der Waals surface area contributed by atoms with Crippen LogP contribution < -0.4 is 0 Å². The molecule has 0 bridgehead atoms. The summed E-state index contributed by atoms with van der Waals surface area (Å²) in [5, 5.41) is -0.169. The van der Waals surface area contributed by atoms with Gasteiger partial charge in [0.25, 0.3) is 11.1 Å². The van der Waals surface area contributed by atoms with E-state index in [1.165, 1.54) is 23.8 Å². The van der Waals surface area contributed by atoms with Crippen molar-refractivity contribution < 1.29 is 14.0 Å². The molecular weight excluding hydrogens is 373 g/mol. The van der Waals surface area contributed by atoms with Crippen LogP contribution in [0.1, 0.15) is 36.5 Å². The molecule has 2 aromatic carbocycles. The van der Waals surface area contributed by atoms with Crippen molar-refractivity contribution >= 4 is 40.6 Å². The summed E-state index contributed by atoms with van der Waals surface area (Å²) in [5.74, 6) is -0.400. The number of benzene rings is 2. The van der Waals surface area contributed by atoms with Crippen molar-refractivity contribution in [3.8, 4) is 0 Å². The summed E-state index contributed by atoms with van der Waals surface area (Å²) in [6.45, 7) is 4.25. The van der Waals surface area contributed by atoms with E-state index >= 15 is 0 Å². The molecule has 0 N–H and O–H groups in total. The molecule has 0 radical (unpaired) electrons. The first-order valence-corrected chi connectivity index (χ1v) is 9.34. The zero-order valence-electron chi connectivity index (χ0n) is 14.3. The summed E-state index contributed by atoms with van der Waals surface area (Å²) < 4.78 is 13.2. The number of amides is 2. The highest BCUT2D eigenvalue weighted by Crippen LogP contribution is 2.34. The Labute approximate surface area is 160 Å². The molecule has 2 aromatic rings. The zero-order valence-corrected chi connectivity index (χ0v) is 15.9. The third-order valence-corrected chi connectivity index (χ3v) is 5.38. The van der Waals surface area contributed by atoms with Crippen molar-refractivity contribution in [1.82, 2.24) is 4.90 Å². The molecular formula is C20H17ClFNO2S. The Bertz CT molecular complexity index is 893. The smallest absolute Gasteiger partial charge is 0.268 e. The van der Waals surface area contributed by atoms with E-state index in [1.807, 2.05) is 24.3 Å². The van der Waals surface area contributed by atoms with Gasteiger partial charge in [0.05, 0.1) is 11.4 Å². The highest BCUT2D eigenvalue weighted by Gasteiger charge is 2.35. The summed E-state index contributed by atoms with van der Waals surface area (Å²) in [6.07, 6.45) is 1.71. The van der Waals surface area contributed by atoms with E-state index in [2.05, 4.69) is 13.8 Å². The third-order valence-electron chi connectivity index (χ3n) is 4.12. The molecule has 2 amide bonds. The second kappa shape index (κ2) is 7.64. The molecule has 3 rings (SSSR count). The number of halogens is 2. The summed E-state index contributed by atoms with van der Waals surface area (Å²) >= 11 is 6.90. The second-order valence-corrected chi connectivity index (χ2v) is 7.73. The average Bonchev–Trinajstić information content (AvgIpc) is 2.85. The topological polar surface area (TPSA) is 37.4 Å². The maximum Gasteiger partial charge on any atom is 0.293 e. The summed E-state index contributed by atoms with van der Waals surface area (Å²) in [5.41, 5.74) is 2.60. The van der Waals surface area contributed by atoms with E-state index in [-0.39, 0.29) is 22.7 Å². The predicted octanol–water partition coefficient (Wildman–Crippen LogP) is 5.84. The number of hydrogen-bond acceptors (Lipinski definition) is 3. The summed E-state index contributed by atoms with van der Waals surface area (Å²) in [4.78, 5) is 26.3. The Morgan fingerprint density at radius 3 is 2.46 bits per heavy atom. The van der Waals surface area contributed by atoms with Gasteiger partial charge in [-0.25, -0.2) is 4.39 Å². The van der Waals surface area contributed by atoms with Gasteiger partial charge < -0.3 is 0 Å². The molecule has 1 aliphatic heterocycles. The maximum atomic E-state index is 13.2. The predicted molar refractivity (Wildman–Crippen MR) is 103 cm³/mol. The first kappa shape index (κ1) is 18.7. The van der Waals surface area contributed by atoms with E-state index in [9.17, 15) is 14.0 Å². The van der Waals surface area contributed by atoms with Crippen LogP contribution in [-0.4, -0.2) is 16.0 Å². The van der Waals surface area contributed by atoms with Crippen molar-refractivity contribution in [3.63, 3.8) is 0 Å². The minimum Gasteiger partial charge on any atom is -0.268 e. The largest absolute Gasteiger partial charge is 0.293 e. The lowest BCUT2D eigenvalue weighted by molar-refractivity contribution is -0.123. The number of carbonyl (C=O) groups is 2. The van der Waals surface area contributed by atoms with Gasteiger partial charge in [-0.15, -0.1) is 0 Å².